The van der Waals surface area contributed by atoms with Gasteiger partial charge < -0.3 is 15.2 Å². The number of carbonyl (C=O) groups is 1. The zero-order valence-electron chi connectivity index (χ0n) is 17.1. The summed E-state index contributed by atoms with van der Waals surface area (Å²) >= 11 is 0. The predicted molar refractivity (Wildman–Crippen MR) is 103 cm³/mol. The third kappa shape index (κ3) is 2.93. The van der Waals surface area contributed by atoms with Crippen LogP contribution in [0, 0.1) is 5.41 Å². The Hall–Kier alpha value is -1.82. The van der Waals surface area contributed by atoms with Crippen molar-refractivity contribution in [3.8, 4) is 0 Å². The lowest BCUT2D eigenvalue weighted by molar-refractivity contribution is -0.150. The van der Waals surface area contributed by atoms with Gasteiger partial charge in [0.05, 0.1) is 24.2 Å². The van der Waals surface area contributed by atoms with E-state index >= 15 is 0 Å². The van der Waals surface area contributed by atoms with Gasteiger partial charge in [0.25, 0.3) is 5.56 Å². The van der Waals surface area contributed by atoms with Crippen LogP contribution in [-0.4, -0.2) is 52.1 Å². The summed E-state index contributed by atoms with van der Waals surface area (Å²) in [6.07, 6.45) is 0.709. The normalized spacial score (nSPS) is 41.5. The van der Waals surface area contributed by atoms with Gasteiger partial charge >= 0.3 is 19.5 Å². The lowest BCUT2D eigenvalue weighted by Gasteiger charge is -2.33. The molecule has 3 N–H and O–H groups in total. The van der Waals surface area contributed by atoms with E-state index in [2.05, 4.69) is 4.98 Å². The number of fused-ring (bicyclic) bond motifs is 1. The van der Waals surface area contributed by atoms with E-state index in [1.165, 1.54) is 12.3 Å². The summed E-state index contributed by atoms with van der Waals surface area (Å²) in [6.45, 7) is 3.64. The molecule has 2 saturated heterocycles. The molecule has 2 aliphatic heterocycles. The van der Waals surface area contributed by atoms with Crippen LogP contribution >= 0.6 is 7.82 Å². The van der Waals surface area contributed by atoms with Crippen LogP contribution in [0.4, 0.5) is 0 Å². The zero-order valence-corrected chi connectivity index (χ0v) is 18.0. The minimum Gasteiger partial charge on any atom is -0.466 e. The second-order valence-electron chi connectivity index (χ2n) is 8.65. The summed E-state index contributed by atoms with van der Waals surface area (Å²) in [5.74, 6) is -0.278. The standard InChI is InChI=1S/C18H24N3O9P/c1-3-26-14(23)17(5-6-17)7-9-27-31(25)29-12-11-18(12,30-31)16(2,19)13(28-11)21-8-4-10(22)20-15(21)24/h4,8,11-13H,3,5-7,9,19H2,1-2H3,(H,20,22,24)/t11-,12?,13-,16+,18+,31+/m1/s1. The molecule has 2 aliphatic carbocycles. The minimum atomic E-state index is -3.93. The van der Waals surface area contributed by atoms with E-state index in [0.29, 0.717) is 25.9 Å². The molecule has 12 nitrogen and oxygen atoms in total. The number of carbonyl (C=O) groups excluding carboxylic acids is 1. The number of nitrogens with zero attached hydrogens (tertiary/aromatic N) is 1. The van der Waals surface area contributed by atoms with Crippen molar-refractivity contribution in [2.45, 2.75) is 62.7 Å². The first-order chi connectivity index (χ1) is 14.6. The fourth-order valence-corrected chi connectivity index (χ4v) is 6.40. The van der Waals surface area contributed by atoms with Crippen molar-refractivity contribution >= 4 is 13.8 Å². The van der Waals surface area contributed by atoms with Gasteiger partial charge in [-0.3, -0.25) is 32.7 Å². The van der Waals surface area contributed by atoms with Crippen LogP contribution in [-0.2, 0) is 32.4 Å². The van der Waals surface area contributed by atoms with E-state index in [9.17, 15) is 18.9 Å². The summed E-state index contributed by atoms with van der Waals surface area (Å²) in [6, 6.07) is 1.18. The van der Waals surface area contributed by atoms with Gasteiger partial charge in [0.15, 0.2) is 11.8 Å². The highest BCUT2D eigenvalue weighted by Gasteiger charge is 2.89. The Morgan fingerprint density at radius 3 is 2.77 bits per heavy atom. The molecule has 1 aromatic rings. The summed E-state index contributed by atoms with van der Waals surface area (Å²) in [5.41, 5.74) is 2.13. The molecule has 1 spiro atoms. The van der Waals surface area contributed by atoms with Gasteiger partial charge in [-0.2, -0.15) is 0 Å². The molecule has 0 radical (unpaired) electrons. The van der Waals surface area contributed by atoms with Crippen molar-refractivity contribution in [2.24, 2.45) is 11.1 Å². The topological polar surface area (TPSA) is 161 Å². The number of nitrogens with two attached hydrogens (primary N) is 1. The molecule has 1 unspecified atom stereocenters. The van der Waals surface area contributed by atoms with Crippen LogP contribution in [0.3, 0.4) is 0 Å². The maximum Gasteiger partial charge on any atom is 0.476 e. The van der Waals surface area contributed by atoms with Crippen molar-refractivity contribution in [1.82, 2.24) is 9.55 Å². The average Bonchev–Trinajstić information content (AvgIpc) is 3.53. The fourth-order valence-electron chi connectivity index (χ4n) is 4.61. The van der Waals surface area contributed by atoms with Gasteiger partial charge in [0.1, 0.15) is 12.2 Å². The molecule has 31 heavy (non-hydrogen) atoms. The molecule has 13 heteroatoms. The van der Waals surface area contributed by atoms with Gasteiger partial charge in [-0.25, -0.2) is 9.36 Å². The maximum atomic E-state index is 13.0. The maximum absolute atomic E-state index is 13.0. The number of phosphoric acid groups is 1. The van der Waals surface area contributed by atoms with Crippen LogP contribution in [0.5, 0.6) is 0 Å². The molecule has 4 aliphatic rings. The number of aromatic amines is 1. The smallest absolute Gasteiger partial charge is 0.466 e. The molecule has 0 aromatic carbocycles. The molecular weight excluding hydrogens is 433 g/mol. The Balaban J connectivity index is 1.27. The lowest BCUT2D eigenvalue weighted by Crippen LogP contribution is -2.57. The van der Waals surface area contributed by atoms with Crippen LogP contribution in [0.25, 0.3) is 0 Å². The predicted octanol–water partition coefficient (Wildman–Crippen LogP) is 0.177. The molecule has 5 rings (SSSR count). The molecule has 170 valence electrons. The molecule has 0 bridgehead atoms. The van der Waals surface area contributed by atoms with Gasteiger partial charge in [-0.1, -0.05) is 0 Å². The van der Waals surface area contributed by atoms with Crippen molar-refractivity contribution in [3.63, 3.8) is 0 Å². The number of H-pyrrole nitrogens is 1. The molecule has 6 atom stereocenters. The second kappa shape index (κ2) is 6.60. The third-order valence-corrected chi connectivity index (χ3v) is 8.15. The van der Waals surface area contributed by atoms with Gasteiger partial charge in [0, 0.05) is 12.3 Å². The highest BCUT2D eigenvalue weighted by atomic mass is 31.2. The summed E-state index contributed by atoms with van der Waals surface area (Å²) in [5, 5.41) is 0. The van der Waals surface area contributed by atoms with Gasteiger partial charge in [0.2, 0.25) is 0 Å². The van der Waals surface area contributed by atoms with E-state index in [1.807, 2.05) is 0 Å². The van der Waals surface area contributed by atoms with Crippen molar-refractivity contribution in [3.05, 3.63) is 33.1 Å². The summed E-state index contributed by atoms with van der Waals surface area (Å²) in [4.78, 5) is 37.7. The summed E-state index contributed by atoms with van der Waals surface area (Å²) in [7, 11) is -3.93. The first-order valence-corrected chi connectivity index (χ1v) is 11.6. The fraction of sp³-hybridized carbons (Fsp3) is 0.722. The number of ether oxygens (including phenoxy) is 2. The van der Waals surface area contributed by atoms with Crippen molar-refractivity contribution in [2.75, 3.05) is 13.2 Å². The Labute approximate surface area is 176 Å². The summed E-state index contributed by atoms with van der Waals surface area (Å²) < 4.78 is 41.9. The number of phosphoric ester groups is 1. The SMILES string of the molecule is CCOC(=O)C1(CCO[P@@]2(=O)OC3[C@H]4O[C@@H](n5ccc(=O)[nH]c5=O)[C@](C)(N)[C@@]34O2)CC1. The first kappa shape index (κ1) is 21.0. The lowest BCUT2D eigenvalue weighted by atomic mass is 9.92. The molecular formula is C18H24N3O9P. The zero-order chi connectivity index (χ0) is 22.2. The van der Waals surface area contributed by atoms with E-state index < -0.39 is 54.1 Å². The third-order valence-electron chi connectivity index (χ3n) is 6.64. The molecule has 4 fully saturated rings. The van der Waals surface area contributed by atoms with E-state index in [4.69, 9.17) is 28.8 Å². The Bertz CT molecular complexity index is 1090. The largest absolute Gasteiger partial charge is 0.476 e. The Morgan fingerprint density at radius 1 is 1.39 bits per heavy atom. The van der Waals surface area contributed by atoms with Gasteiger partial charge in [-0.05, 0) is 33.1 Å². The second-order valence-corrected chi connectivity index (χ2v) is 10.2. The number of aromatic nitrogens is 2. The quantitative estimate of drug-likeness (QED) is 0.427. The van der Waals surface area contributed by atoms with Crippen LogP contribution in [0.2, 0.25) is 0 Å². The van der Waals surface area contributed by atoms with Crippen molar-refractivity contribution in [1.29, 1.82) is 0 Å². The highest BCUT2D eigenvalue weighted by molar-refractivity contribution is 7.48. The Morgan fingerprint density at radius 2 is 2.13 bits per heavy atom. The molecule has 2 saturated carbocycles. The Kier molecular flexibility index (Phi) is 4.48. The number of nitrogens with one attached hydrogen (secondary N) is 1. The molecule has 0 amide bonds. The monoisotopic (exact) mass is 457 g/mol. The van der Waals surface area contributed by atoms with Gasteiger partial charge in [-0.15, -0.1) is 0 Å². The highest BCUT2D eigenvalue weighted by Crippen LogP contribution is 2.77. The molecule has 3 heterocycles. The molecule has 1 aromatic heterocycles. The van der Waals surface area contributed by atoms with Crippen LogP contribution in [0.1, 0.15) is 39.3 Å². The number of hydrogen-bond acceptors (Lipinski definition) is 10. The first-order valence-electron chi connectivity index (χ1n) is 10.2. The number of hydrogen-bond donors (Lipinski definition) is 2. The number of esters is 1. The average molecular weight is 457 g/mol. The van der Waals surface area contributed by atoms with E-state index in [-0.39, 0.29) is 12.6 Å². The van der Waals surface area contributed by atoms with Crippen LogP contribution in [0.15, 0.2) is 21.9 Å². The minimum absolute atomic E-state index is 0.00545. The van der Waals surface area contributed by atoms with E-state index in [1.54, 1.807) is 13.8 Å². The number of rotatable bonds is 7. The van der Waals surface area contributed by atoms with Crippen molar-refractivity contribution < 1.29 is 32.4 Å². The van der Waals surface area contributed by atoms with Crippen LogP contribution < -0.4 is 17.0 Å². The van der Waals surface area contributed by atoms with E-state index in [0.717, 1.165) is 4.57 Å².